The summed E-state index contributed by atoms with van der Waals surface area (Å²) in [5, 5.41) is 9.76. The van der Waals surface area contributed by atoms with E-state index < -0.39 is 29.1 Å². The van der Waals surface area contributed by atoms with Gasteiger partial charge in [-0.05, 0) is 50.5 Å². The molecule has 4 aliphatic rings. The molecule has 5 rings (SSSR count). The molecular weight excluding hydrogens is 482 g/mol. The van der Waals surface area contributed by atoms with Crippen LogP contribution in [0, 0.1) is 11.8 Å². The first-order valence-electron chi connectivity index (χ1n) is 12.5. The highest BCUT2D eigenvalue weighted by Crippen LogP contribution is 2.57. The lowest BCUT2D eigenvalue weighted by Crippen LogP contribution is -2.56. The van der Waals surface area contributed by atoms with Gasteiger partial charge >= 0.3 is 0 Å². The summed E-state index contributed by atoms with van der Waals surface area (Å²) in [6.45, 7) is 3.02. The molecule has 0 radical (unpaired) electrons. The molecule has 36 heavy (non-hydrogen) atoms. The number of hydrogen-bond acceptors (Lipinski definition) is 5. The summed E-state index contributed by atoms with van der Waals surface area (Å²) >= 11 is 6.08. The molecule has 1 spiro atoms. The predicted molar refractivity (Wildman–Crippen MR) is 135 cm³/mol. The highest BCUT2D eigenvalue weighted by Gasteiger charge is 2.74. The van der Waals surface area contributed by atoms with E-state index in [1.165, 1.54) is 0 Å². The second kappa shape index (κ2) is 9.32. The first kappa shape index (κ1) is 25.0. The molecule has 9 heteroatoms. The van der Waals surface area contributed by atoms with Gasteiger partial charge in [-0.25, -0.2) is 0 Å². The van der Waals surface area contributed by atoms with Crippen molar-refractivity contribution >= 4 is 35.0 Å². The lowest BCUT2D eigenvalue weighted by Gasteiger charge is -2.37. The summed E-state index contributed by atoms with van der Waals surface area (Å²) in [5.41, 5.74) is -1.59. The van der Waals surface area contributed by atoms with Crippen molar-refractivity contribution in [1.29, 1.82) is 0 Å². The molecule has 2 fully saturated rings. The van der Waals surface area contributed by atoms with Gasteiger partial charge in [-0.1, -0.05) is 35.9 Å². The minimum atomic E-state index is -1.26. The van der Waals surface area contributed by atoms with E-state index in [-0.39, 0.29) is 24.3 Å². The van der Waals surface area contributed by atoms with E-state index in [0.717, 1.165) is 6.42 Å². The number of unbranched alkanes of at least 4 members (excludes halogenated alkanes) is 2. The predicted octanol–water partition coefficient (Wildman–Crippen LogP) is 2.40. The van der Waals surface area contributed by atoms with Crippen LogP contribution < -0.4 is 4.90 Å². The van der Waals surface area contributed by atoms with Gasteiger partial charge in [0.25, 0.3) is 5.91 Å². The van der Waals surface area contributed by atoms with Crippen LogP contribution in [-0.2, 0) is 19.1 Å². The highest BCUT2D eigenvalue weighted by molar-refractivity contribution is 6.30. The Kier molecular flexibility index (Phi) is 6.47. The maximum atomic E-state index is 14.2. The van der Waals surface area contributed by atoms with Gasteiger partial charge in [0, 0.05) is 44.0 Å². The van der Waals surface area contributed by atoms with Crippen LogP contribution in [0.25, 0.3) is 0 Å². The van der Waals surface area contributed by atoms with E-state index in [2.05, 4.69) is 0 Å². The number of amides is 3. The van der Waals surface area contributed by atoms with Crippen molar-refractivity contribution in [2.75, 3.05) is 38.2 Å². The Bertz CT molecular complexity index is 1120. The Morgan fingerprint density at radius 2 is 1.69 bits per heavy atom. The van der Waals surface area contributed by atoms with Crippen LogP contribution in [0.2, 0.25) is 5.02 Å². The topological polar surface area (TPSA) is 90.4 Å². The summed E-state index contributed by atoms with van der Waals surface area (Å²) in [7, 11) is 1.73. The van der Waals surface area contributed by atoms with Gasteiger partial charge in [-0.3, -0.25) is 14.4 Å². The number of carbonyl (C=O) groups excluding carboxylic acids is 3. The minimum Gasteiger partial charge on any atom is -0.396 e. The van der Waals surface area contributed by atoms with E-state index in [1.54, 1.807) is 46.0 Å². The smallest absolute Gasteiger partial charge is 0.253 e. The molecule has 1 aromatic rings. The van der Waals surface area contributed by atoms with Crippen LogP contribution in [0.15, 0.2) is 48.6 Å². The van der Waals surface area contributed by atoms with Crippen molar-refractivity contribution in [3.8, 4) is 0 Å². The van der Waals surface area contributed by atoms with Crippen molar-refractivity contribution in [3.05, 3.63) is 53.6 Å². The number of halogens is 1. The van der Waals surface area contributed by atoms with E-state index in [1.807, 2.05) is 31.2 Å². The number of nitrogens with zero attached hydrogens (tertiary/aromatic N) is 3. The number of fused-ring (bicyclic) bond motifs is 2. The van der Waals surface area contributed by atoms with Gasteiger partial charge < -0.3 is 24.5 Å². The van der Waals surface area contributed by atoms with Crippen LogP contribution in [-0.4, -0.2) is 83.2 Å². The zero-order chi connectivity index (χ0) is 25.7. The van der Waals surface area contributed by atoms with Crippen molar-refractivity contribution < 1.29 is 24.2 Å². The Hall–Kier alpha value is -2.68. The molecule has 8 nitrogen and oxygen atoms in total. The average Bonchev–Trinajstić information content (AvgIpc) is 3.12. The molecule has 192 valence electrons. The number of ether oxygens (including phenoxy) is 1. The van der Waals surface area contributed by atoms with Crippen molar-refractivity contribution in [1.82, 2.24) is 9.80 Å². The molecule has 1 aromatic carbocycles. The number of carbonyl (C=O) groups is 3. The lowest BCUT2D eigenvalue weighted by molar-refractivity contribution is -0.148. The number of rotatable bonds is 6. The van der Waals surface area contributed by atoms with Gasteiger partial charge in [-0.15, -0.1) is 0 Å². The molecule has 0 aliphatic carbocycles. The number of hydrogen-bond donors (Lipinski definition) is 1. The van der Waals surface area contributed by atoms with Gasteiger partial charge in [0.15, 0.2) is 0 Å². The molecule has 4 aliphatic heterocycles. The van der Waals surface area contributed by atoms with Crippen molar-refractivity contribution in [2.24, 2.45) is 11.8 Å². The molecule has 5 atom stereocenters. The van der Waals surface area contributed by atoms with Gasteiger partial charge in [0.05, 0.1) is 17.4 Å². The third-order valence-corrected chi connectivity index (χ3v) is 8.21. The van der Waals surface area contributed by atoms with E-state index in [4.69, 9.17) is 16.3 Å². The summed E-state index contributed by atoms with van der Waals surface area (Å²) in [6.07, 6.45) is 9.47. The number of anilines is 1. The second-order valence-electron chi connectivity index (χ2n) is 10.3. The zero-order valence-corrected chi connectivity index (χ0v) is 21.4. The molecular formula is C27H32ClN3O5. The maximum absolute atomic E-state index is 14.2. The summed E-state index contributed by atoms with van der Waals surface area (Å²) in [5.74, 6) is -2.18. The Labute approximate surface area is 216 Å². The summed E-state index contributed by atoms with van der Waals surface area (Å²) in [4.78, 5) is 46.8. The van der Waals surface area contributed by atoms with Gasteiger partial charge in [-0.2, -0.15) is 0 Å². The van der Waals surface area contributed by atoms with Crippen LogP contribution in [0.1, 0.15) is 26.2 Å². The van der Waals surface area contributed by atoms with Crippen molar-refractivity contribution in [2.45, 2.75) is 43.4 Å². The Morgan fingerprint density at radius 1 is 0.972 bits per heavy atom. The molecule has 0 saturated carbocycles. The average molecular weight is 514 g/mol. The van der Waals surface area contributed by atoms with Gasteiger partial charge in [0.2, 0.25) is 11.8 Å². The van der Waals surface area contributed by atoms with E-state index >= 15 is 0 Å². The summed E-state index contributed by atoms with van der Waals surface area (Å²) in [6, 6.07) is 6.12. The number of likely N-dealkylation sites (N-methyl/N-ethyl adjacent to an activating group) is 1. The largest absolute Gasteiger partial charge is 0.396 e. The van der Waals surface area contributed by atoms with Crippen LogP contribution in [0.5, 0.6) is 0 Å². The number of aliphatic hydroxyl groups excluding tert-OH is 1. The third-order valence-electron chi connectivity index (χ3n) is 7.95. The maximum Gasteiger partial charge on any atom is 0.253 e. The number of likely N-dealkylation sites (tertiary alicyclic amines) is 1. The minimum absolute atomic E-state index is 0.0761. The van der Waals surface area contributed by atoms with Crippen LogP contribution >= 0.6 is 11.6 Å². The fourth-order valence-electron chi connectivity index (χ4n) is 6.31. The molecule has 0 aromatic heterocycles. The molecule has 1 N–H and O–H groups in total. The normalized spacial score (nSPS) is 33.5. The van der Waals surface area contributed by atoms with E-state index in [9.17, 15) is 19.5 Å². The molecule has 3 amide bonds. The third kappa shape index (κ3) is 3.78. The molecule has 0 bridgehead atoms. The second-order valence-corrected chi connectivity index (χ2v) is 10.7. The lowest BCUT2D eigenvalue weighted by atomic mass is 9.74. The van der Waals surface area contributed by atoms with Crippen LogP contribution in [0.3, 0.4) is 0 Å². The Balaban J connectivity index is 1.60. The van der Waals surface area contributed by atoms with Crippen molar-refractivity contribution in [3.63, 3.8) is 0 Å². The fourth-order valence-corrected chi connectivity index (χ4v) is 6.43. The zero-order valence-electron chi connectivity index (χ0n) is 20.6. The number of aliphatic hydroxyl groups is 1. The molecule has 4 heterocycles. The first-order chi connectivity index (χ1) is 17.2. The van der Waals surface area contributed by atoms with Crippen LogP contribution in [0.4, 0.5) is 5.69 Å². The number of benzene rings is 1. The summed E-state index contributed by atoms with van der Waals surface area (Å²) < 4.78 is 6.76. The monoisotopic (exact) mass is 513 g/mol. The molecule has 1 unspecified atom stereocenters. The molecule has 2 saturated heterocycles. The quantitative estimate of drug-likeness (QED) is 0.466. The Morgan fingerprint density at radius 3 is 2.42 bits per heavy atom. The van der Waals surface area contributed by atoms with Gasteiger partial charge in [0.1, 0.15) is 11.6 Å². The fraction of sp³-hybridized carbons (Fsp3) is 0.519. The highest BCUT2D eigenvalue weighted by atomic mass is 35.5. The standard InChI is InChI=1S/C27H32ClN3O5/c1-26-12-6-14-29(2)23(33)20(26)21-24(34)31(15-4-3-5-17-32)22-25(35)30(16-7-13-27(21,22)36-26)19-10-8-18(28)9-11-19/h6-13,20-22,32H,3-5,14-17H2,1-2H3/t20-,21-,22?,26+,27-/m0/s1. The SMILES string of the molecule is CN1CC=C[C@@]2(C)O[C@]34C=CCN(c5ccc(Cl)cc5)C(=O)C3N(CCCCCO)C(=O)[C@@H]4[C@H]2C1=O. The first-order valence-corrected chi connectivity index (χ1v) is 12.9. The van der Waals surface area contributed by atoms with E-state index in [0.29, 0.717) is 43.2 Å².